The summed E-state index contributed by atoms with van der Waals surface area (Å²) < 4.78 is 0. The fourth-order valence-corrected chi connectivity index (χ4v) is 1.40. The SMILES string of the molecule is CCNC(=O)NC(=O)CN(C)C(C)C(C)(C)C. The molecule has 0 radical (unpaired) electrons. The first-order valence-electron chi connectivity index (χ1n) is 5.96. The molecule has 0 bridgehead atoms. The quantitative estimate of drug-likeness (QED) is 0.780. The van der Waals surface area contributed by atoms with Crippen LogP contribution in [0, 0.1) is 5.41 Å². The highest BCUT2D eigenvalue weighted by molar-refractivity contribution is 5.95. The van der Waals surface area contributed by atoms with E-state index in [0.717, 1.165) is 0 Å². The first-order valence-corrected chi connectivity index (χ1v) is 5.96. The van der Waals surface area contributed by atoms with Crippen LogP contribution in [0.15, 0.2) is 0 Å². The zero-order valence-corrected chi connectivity index (χ0v) is 11.8. The molecular weight excluding hydrogens is 218 g/mol. The first kappa shape index (κ1) is 15.9. The van der Waals surface area contributed by atoms with Crippen LogP contribution in [0.3, 0.4) is 0 Å². The Labute approximate surface area is 104 Å². The van der Waals surface area contributed by atoms with Gasteiger partial charge in [0.05, 0.1) is 6.54 Å². The summed E-state index contributed by atoms with van der Waals surface area (Å²) in [5.41, 5.74) is 0.0979. The lowest BCUT2D eigenvalue weighted by Crippen LogP contribution is -2.47. The van der Waals surface area contributed by atoms with Gasteiger partial charge in [-0.05, 0) is 26.3 Å². The highest BCUT2D eigenvalue weighted by Gasteiger charge is 2.25. The number of likely N-dealkylation sites (N-methyl/N-ethyl adjacent to an activating group) is 1. The van der Waals surface area contributed by atoms with Crippen LogP contribution in [0.4, 0.5) is 4.79 Å². The lowest BCUT2D eigenvalue weighted by Gasteiger charge is -2.34. The van der Waals surface area contributed by atoms with E-state index in [9.17, 15) is 9.59 Å². The molecule has 0 aliphatic carbocycles. The van der Waals surface area contributed by atoms with Crippen LogP contribution in [0.2, 0.25) is 0 Å². The molecule has 0 aromatic carbocycles. The summed E-state index contributed by atoms with van der Waals surface area (Å²) in [5.74, 6) is -0.283. The van der Waals surface area contributed by atoms with Gasteiger partial charge >= 0.3 is 6.03 Å². The molecule has 0 rings (SSSR count). The van der Waals surface area contributed by atoms with Crippen molar-refractivity contribution in [2.45, 2.75) is 40.7 Å². The molecule has 0 aromatic heterocycles. The number of carbonyl (C=O) groups is 2. The second-order valence-electron chi connectivity index (χ2n) is 5.36. The summed E-state index contributed by atoms with van der Waals surface area (Å²) >= 11 is 0. The second kappa shape index (κ2) is 6.59. The Morgan fingerprint density at radius 2 is 1.82 bits per heavy atom. The first-order chi connectivity index (χ1) is 7.68. The third-order valence-corrected chi connectivity index (χ3v) is 2.90. The number of amides is 3. The predicted molar refractivity (Wildman–Crippen MR) is 68.8 cm³/mol. The van der Waals surface area contributed by atoms with E-state index in [1.54, 1.807) is 6.92 Å². The fraction of sp³-hybridized carbons (Fsp3) is 0.833. The van der Waals surface area contributed by atoms with E-state index in [-0.39, 0.29) is 23.9 Å². The fourth-order valence-electron chi connectivity index (χ4n) is 1.40. The van der Waals surface area contributed by atoms with E-state index in [2.05, 4.69) is 38.3 Å². The van der Waals surface area contributed by atoms with E-state index < -0.39 is 6.03 Å². The highest BCUT2D eigenvalue weighted by Crippen LogP contribution is 2.22. The lowest BCUT2D eigenvalue weighted by molar-refractivity contribution is -0.121. The van der Waals surface area contributed by atoms with Crippen LogP contribution < -0.4 is 10.6 Å². The maximum atomic E-state index is 11.6. The third-order valence-electron chi connectivity index (χ3n) is 2.90. The number of rotatable bonds is 4. The molecule has 5 nitrogen and oxygen atoms in total. The molecule has 1 unspecified atom stereocenters. The van der Waals surface area contributed by atoms with Crippen molar-refractivity contribution >= 4 is 11.9 Å². The van der Waals surface area contributed by atoms with Gasteiger partial charge < -0.3 is 5.32 Å². The largest absolute Gasteiger partial charge is 0.338 e. The molecule has 100 valence electrons. The van der Waals surface area contributed by atoms with Crippen molar-refractivity contribution in [3.8, 4) is 0 Å². The van der Waals surface area contributed by atoms with Gasteiger partial charge in [-0.1, -0.05) is 20.8 Å². The smallest absolute Gasteiger partial charge is 0.321 e. The number of imide groups is 1. The monoisotopic (exact) mass is 243 g/mol. The van der Waals surface area contributed by atoms with E-state index in [4.69, 9.17) is 0 Å². The number of carbonyl (C=O) groups excluding carboxylic acids is 2. The molecule has 0 heterocycles. The van der Waals surface area contributed by atoms with Crippen molar-refractivity contribution in [2.24, 2.45) is 5.41 Å². The van der Waals surface area contributed by atoms with Gasteiger partial charge in [0.15, 0.2) is 0 Å². The van der Waals surface area contributed by atoms with Crippen molar-refractivity contribution in [3.05, 3.63) is 0 Å². The van der Waals surface area contributed by atoms with Crippen LogP contribution in [0.5, 0.6) is 0 Å². The normalized spacial score (nSPS) is 13.4. The molecule has 0 aliphatic rings. The van der Waals surface area contributed by atoms with Gasteiger partial charge in [0.1, 0.15) is 0 Å². The van der Waals surface area contributed by atoms with E-state index >= 15 is 0 Å². The summed E-state index contributed by atoms with van der Waals surface area (Å²) in [6, 6.07) is -0.184. The summed E-state index contributed by atoms with van der Waals surface area (Å²) in [4.78, 5) is 24.6. The van der Waals surface area contributed by atoms with E-state index in [1.165, 1.54) is 0 Å². The Hall–Kier alpha value is -1.10. The molecule has 0 saturated carbocycles. The topological polar surface area (TPSA) is 61.4 Å². The van der Waals surface area contributed by atoms with Gasteiger partial charge in [0.25, 0.3) is 0 Å². The zero-order chi connectivity index (χ0) is 13.6. The highest BCUT2D eigenvalue weighted by atomic mass is 16.2. The van der Waals surface area contributed by atoms with Crippen molar-refractivity contribution in [2.75, 3.05) is 20.1 Å². The molecule has 1 atom stereocenters. The lowest BCUT2D eigenvalue weighted by atomic mass is 9.87. The number of hydrogen-bond acceptors (Lipinski definition) is 3. The molecule has 3 amide bonds. The molecule has 0 spiro atoms. The number of nitrogens with zero attached hydrogens (tertiary/aromatic N) is 1. The van der Waals surface area contributed by atoms with Crippen LogP contribution >= 0.6 is 0 Å². The molecule has 0 fully saturated rings. The maximum absolute atomic E-state index is 11.6. The number of nitrogens with one attached hydrogen (secondary N) is 2. The Morgan fingerprint density at radius 3 is 2.24 bits per heavy atom. The van der Waals surface area contributed by atoms with Crippen LogP contribution in [0.1, 0.15) is 34.6 Å². The van der Waals surface area contributed by atoms with Crippen molar-refractivity contribution in [1.29, 1.82) is 0 Å². The Bertz CT molecular complexity index is 271. The van der Waals surface area contributed by atoms with Gasteiger partial charge in [-0.3, -0.25) is 15.0 Å². The zero-order valence-electron chi connectivity index (χ0n) is 11.8. The molecule has 2 N–H and O–H groups in total. The minimum atomic E-state index is -0.436. The van der Waals surface area contributed by atoms with Crippen molar-refractivity contribution < 1.29 is 9.59 Å². The Kier molecular flexibility index (Phi) is 6.16. The molecule has 0 aliphatic heterocycles. The van der Waals surface area contributed by atoms with Crippen molar-refractivity contribution in [3.63, 3.8) is 0 Å². The van der Waals surface area contributed by atoms with Crippen molar-refractivity contribution in [1.82, 2.24) is 15.5 Å². The van der Waals surface area contributed by atoms with Gasteiger partial charge in [0.2, 0.25) is 5.91 Å². The summed E-state index contributed by atoms with van der Waals surface area (Å²) in [7, 11) is 1.88. The van der Waals surface area contributed by atoms with E-state index in [0.29, 0.717) is 6.54 Å². The summed E-state index contributed by atoms with van der Waals surface area (Å²) in [6.45, 7) is 11.0. The predicted octanol–water partition coefficient (Wildman–Crippen LogP) is 1.20. The van der Waals surface area contributed by atoms with Crippen LogP contribution in [-0.4, -0.2) is 43.0 Å². The summed E-state index contributed by atoms with van der Waals surface area (Å²) in [6.07, 6.45) is 0. The summed E-state index contributed by atoms with van der Waals surface area (Å²) in [5, 5.41) is 4.81. The molecule has 17 heavy (non-hydrogen) atoms. The van der Waals surface area contributed by atoms with Crippen LogP contribution in [0.25, 0.3) is 0 Å². The second-order valence-corrected chi connectivity index (χ2v) is 5.36. The third kappa shape index (κ3) is 6.26. The molecule has 5 heteroatoms. The number of hydrogen-bond donors (Lipinski definition) is 2. The maximum Gasteiger partial charge on any atom is 0.321 e. The molecular formula is C12H25N3O2. The molecule has 0 aromatic rings. The van der Waals surface area contributed by atoms with Gasteiger partial charge in [0, 0.05) is 12.6 Å². The number of urea groups is 1. The Balaban J connectivity index is 4.17. The minimum absolute atomic E-state index is 0.0979. The van der Waals surface area contributed by atoms with Gasteiger partial charge in [-0.15, -0.1) is 0 Å². The van der Waals surface area contributed by atoms with E-state index in [1.807, 2.05) is 11.9 Å². The standard InChI is InChI=1S/C12H25N3O2/c1-7-13-11(17)14-10(16)8-15(6)9(2)12(3,4)5/h9H,7-8H2,1-6H3,(H2,13,14,16,17). The average molecular weight is 243 g/mol. The average Bonchev–Trinajstić information content (AvgIpc) is 2.14. The molecule has 0 saturated heterocycles. The van der Waals surface area contributed by atoms with Crippen LogP contribution in [-0.2, 0) is 4.79 Å². The Morgan fingerprint density at radius 1 is 1.29 bits per heavy atom. The van der Waals surface area contributed by atoms with Gasteiger partial charge in [-0.25, -0.2) is 4.79 Å². The minimum Gasteiger partial charge on any atom is -0.338 e. The van der Waals surface area contributed by atoms with Gasteiger partial charge in [-0.2, -0.15) is 0 Å².